The van der Waals surface area contributed by atoms with E-state index in [9.17, 15) is 9.59 Å². The molecule has 0 spiro atoms. The summed E-state index contributed by atoms with van der Waals surface area (Å²) in [5.41, 5.74) is 0. The Morgan fingerprint density at radius 1 is 1.00 bits per heavy atom. The van der Waals surface area contributed by atoms with Gasteiger partial charge in [-0.25, -0.2) is 0 Å². The molecule has 1 N–H and O–H groups in total. The molecule has 0 saturated heterocycles. The minimum Gasteiger partial charge on any atom is -0.380 e. The monoisotopic (exact) mass is 257 g/mol. The zero-order chi connectivity index (χ0) is 13.6. The van der Waals surface area contributed by atoms with Crippen molar-refractivity contribution in [2.75, 3.05) is 19.8 Å². The summed E-state index contributed by atoms with van der Waals surface area (Å²) in [6.45, 7) is 5.45. The Bertz CT molecular complexity index is 229. The number of hydrogen-bond donors (Lipinski definition) is 1. The van der Waals surface area contributed by atoms with Crippen LogP contribution in [0.5, 0.6) is 0 Å². The Balaban J connectivity index is 3.17. The van der Waals surface area contributed by atoms with Gasteiger partial charge in [0, 0.05) is 26.0 Å². The standard InChI is InChI=1S/C14H27NO3/c1-3-18-12-11-15-14(17)10-8-6-4-5-7-9-13(2)16/h3-12H2,1-2H3,(H,15,17). The highest BCUT2D eigenvalue weighted by atomic mass is 16.5. The van der Waals surface area contributed by atoms with Crippen LogP contribution in [0, 0.1) is 0 Å². The molecule has 0 bridgehead atoms. The Hall–Kier alpha value is -0.900. The lowest BCUT2D eigenvalue weighted by Gasteiger charge is -2.05. The highest BCUT2D eigenvalue weighted by molar-refractivity contribution is 5.75. The van der Waals surface area contributed by atoms with E-state index in [0.29, 0.717) is 32.6 Å². The molecule has 0 atom stereocenters. The number of nitrogens with one attached hydrogen (secondary N) is 1. The lowest BCUT2D eigenvalue weighted by molar-refractivity contribution is -0.121. The summed E-state index contributed by atoms with van der Waals surface area (Å²) in [6.07, 6.45) is 6.47. The third-order valence-electron chi connectivity index (χ3n) is 2.71. The molecule has 0 fully saturated rings. The van der Waals surface area contributed by atoms with Crippen molar-refractivity contribution < 1.29 is 14.3 Å². The van der Waals surface area contributed by atoms with E-state index in [1.165, 1.54) is 0 Å². The molecular formula is C14H27NO3. The average Bonchev–Trinajstić information content (AvgIpc) is 2.33. The van der Waals surface area contributed by atoms with E-state index in [2.05, 4.69) is 5.32 Å². The van der Waals surface area contributed by atoms with Gasteiger partial charge >= 0.3 is 0 Å². The van der Waals surface area contributed by atoms with Crippen molar-refractivity contribution in [1.29, 1.82) is 0 Å². The van der Waals surface area contributed by atoms with E-state index < -0.39 is 0 Å². The number of Topliss-reactive ketones (excluding diaryl/α,β-unsaturated/α-hetero) is 1. The van der Waals surface area contributed by atoms with Gasteiger partial charge in [0.1, 0.15) is 5.78 Å². The number of amides is 1. The molecule has 0 unspecified atom stereocenters. The summed E-state index contributed by atoms with van der Waals surface area (Å²) in [4.78, 5) is 22.1. The van der Waals surface area contributed by atoms with Crippen LogP contribution in [-0.2, 0) is 14.3 Å². The van der Waals surface area contributed by atoms with Crippen LogP contribution < -0.4 is 5.32 Å². The van der Waals surface area contributed by atoms with Crippen LogP contribution in [0.3, 0.4) is 0 Å². The number of carbonyl (C=O) groups excluding carboxylic acids is 2. The van der Waals surface area contributed by atoms with Crippen molar-refractivity contribution in [3.05, 3.63) is 0 Å². The van der Waals surface area contributed by atoms with Gasteiger partial charge in [-0.15, -0.1) is 0 Å². The predicted octanol–water partition coefficient (Wildman–Crippen LogP) is 2.46. The Kier molecular flexibility index (Phi) is 11.9. The Morgan fingerprint density at radius 3 is 2.22 bits per heavy atom. The minimum atomic E-state index is 0.110. The normalized spacial score (nSPS) is 10.3. The van der Waals surface area contributed by atoms with Crippen LogP contribution >= 0.6 is 0 Å². The van der Waals surface area contributed by atoms with Crippen molar-refractivity contribution in [3.63, 3.8) is 0 Å². The maximum Gasteiger partial charge on any atom is 0.220 e. The maximum absolute atomic E-state index is 11.4. The predicted molar refractivity (Wildman–Crippen MR) is 72.5 cm³/mol. The van der Waals surface area contributed by atoms with Gasteiger partial charge in [-0.05, 0) is 26.7 Å². The van der Waals surface area contributed by atoms with Crippen molar-refractivity contribution >= 4 is 11.7 Å². The summed E-state index contributed by atoms with van der Waals surface area (Å²) in [6, 6.07) is 0. The molecule has 0 aliphatic heterocycles. The Labute approximate surface area is 110 Å². The molecule has 0 heterocycles. The fourth-order valence-corrected chi connectivity index (χ4v) is 1.69. The number of unbranched alkanes of at least 4 members (excludes halogenated alkanes) is 4. The van der Waals surface area contributed by atoms with Gasteiger partial charge in [0.05, 0.1) is 6.61 Å². The Morgan fingerprint density at radius 2 is 1.61 bits per heavy atom. The summed E-state index contributed by atoms with van der Waals surface area (Å²) in [7, 11) is 0. The van der Waals surface area contributed by atoms with E-state index in [4.69, 9.17) is 4.74 Å². The smallest absolute Gasteiger partial charge is 0.220 e. The first-order valence-corrected chi connectivity index (χ1v) is 7.00. The average molecular weight is 257 g/mol. The molecule has 0 rings (SSSR count). The lowest BCUT2D eigenvalue weighted by atomic mass is 10.1. The highest BCUT2D eigenvalue weighted by Crippen LogP contribution is 2.07. The van der Waals surface area contributed by atoms with Crippen molar-refractivity contribution in [1.82, 2.24) is 5.32 Å². The van der Waals surface area contributed by atoms with E-state index >= 15 is 0 Å². The van der Waals surface area contributed by atoms with Crippen LogP contribution in [-0.4, -0.2) is 31.4 Å². The molecule has 0 aliphatic rings. The zero-order valence-electron chi connectivity index (χ0n) is 11.8. The largest absolute Gasteiger partial charge is 0.380 e. The molecule has 0 saturated carbocycles. The van der Waals surface area contributed by atoms with Gasteiger partial charge in [-0.2, -0.15) is 0 Å². The van der Waals surface area contributed by atoms with Crippen LogP contribution in [0.2, 0.25) is 0 Å². The van der Waals surface area contributed by atoms with Crippen molar-refractivity contribution in [3.8, 4) is 0 Å². The van der Waals surface area contributed by atoms with Crippen LogP contribution in [0.15, 0.2) is 0 Å². The van der Waals surface area contributed by atoms with Crippen LogP contribution in [0.1, 0.15) is 58.8 Å². The second-order valence-corrected chi connectivity index (χ2v) is 4.52. The van der Waals surface area contributed by atoms with Crippen LogP contribution in [0.4, 0.5) is 0 Å². The van der Waals surface area contributed by atoms with Gasteiger partial charge in [0.25, 0.3) is 0 Å². The van der Waals surface area contributed by atoms with Gasteiger partial charge in [0.15, 0.2) is 0 Å². The topological polar surface area (TPSA) is 55.4 Å². The fourth-order valence-electron chi connectivity index (χ4n) is 1.69. The van der Waals surface area contributed by atoms with E-state index in [0.717, 1.165) is 32.1 Å². The van der Waals surface area contributed by atoms with Crippen molar-refractivity contribution in [2.45, 2.75) is 58.8 Å². The number of ether oxygens (including phenoxy) is 1. The lowest BCUT2D eigenvalue weighted by Crippen LogP contribution is -2.26. The van der Waals surface area contributed by atoms with Gasteiger partial charge in [0.2, 0.25) is 5.91 Å². The third kappa shape index (κ3) is 13.2. The highest BCUT2D eigenvalue weighted by Gasteiger charge is 2.00. The van der Waals surface area contributed by atoms with E-state index in [1.54, 1.807) is 6.92 Å². The van der Waals surface area contributed by atoms with E-state index in [1.807, 2.05) is 6.92 Å². The second-order valence-electron chi connectivity index (χ2n) is 4.52. The molecular weight excluding hydrogens is 230 g/mol. The van der Waals surface area contributed by atoms with Gasteiger partial charge < -0.3 is 14.8 Å². The maximum atomic E-state index is 11.4. The number of ketones is 1. The van der Waals surface area contributed by atoms with Gasteiger partial charge in [-0.3, -0.25) is 4.79 Å². The van der Waals surface area contributed by atoms with E-state index in [-0.39, 0.29) is 11.7 Å². The molecule has 18 heavy (non-hydrogen) atoms. The number of carbonyl (C=O) groups is 2. The molecule has 1 amide bonds. The minimum absolute atomic E-state index is 0.110. The molecule has 4 heteroatoms. The first kappa shape index (κ1) is 17.1. The van der Waals surface area contributed by atoms with Crippen molar-refractivity contribution in [2.24, 2.45) is 0 Å². The van der Waals surface area contributed by atoms with Crippen LogP contribution in [0.25, 0.3) is 0 Å². The fraction of sp³-hybridized carbons (Fsp3) is 0.857. The summed E-state index contributed by atoms with van der Waals surface area (Å²) in [5.74, 6) is 0.377. The zero-order valence-corrected chi connectivity index (χ0v) is 11.8. The molecule has 0 aromatic heterocycles. The first-order valence-electron chi connectivity index (χ1n) is 7.00. The molecule has 0 aromatic rings. The number of rotatable bonds is 12. The third-order valence-corrected chi connectivity index (χ3v) is 2.71. The quantitative estimate of drug-likeness (QED) is 0.546. The SMILES string of the molecule is CCOCCNC(=O)CCCCCCCC(C)=O. The summed E-state index contributed by atoms with van der Waals surface area (Å²) in [5, 5.41) is 2.83. The summed E-state index contributed by atoms with van der Waals surface area (Å²) >= 11 is 0. The number of hydrogen-bond acceptors (Lipinski definition) is 3. The first-order chi connectivity index (χ1) is 8.66. The molecule has 0 aromatic carbocycles. The second kappa shape index (κ2) is 12.6. The van der Waals surface area contributed by atoms with Gasteiger partial charge in [-0.1, -0.05) is 19.3 Å². The molecule has 4 nitrogen and oxygen atoms in total. The molecule has 106 valence electrons. The molecule has 0 radical (unpaired) electrons. The molecule has 0 aliphatic carbocycles. The summed E-state index contributed by atoms with van der Waals surface area (Å²) < 4.78 is 5.13.